The predicted octanol–water partition coefficient (Wildman–Crippen LogP) is 2.25. The van der Waals surface area contributed by atoms with E-state index >= 15 is 0 Å². The zero-order valence-corrected chi connectivity index (χ0v) is 9.57. The van der Waals surface area contributed by atoms with E-state index in [9.17, 15) is 4.39 Å². The molecule has 0 heterocycles. The van der Waals surface area contributed by atoms with Crippen LogP contribution in [0.3, 0.4) is 0 Å². The molecule has 0 aliphatic carbocycles. The van der Waals surface area contributed by atoms with E-state index in [4.69, 9.17) is 5.73 Å². The predicted molar refractivity (Wildman–Crippen MR) is 62.5 cm³/mol. The van der Waals surface area contributed by atoms with Crippen molar-refractivity contribution in [3.05, 3.63) is 30.1 Å². The molecule has 1 aromatic carbocycles. The fraction of sp³-hybridized carbons (Fsp3) is 0.500. The minimum Gasteiger partial charge on any atom is -0.374 e. The van der Waals surface area contributed by atoms with Crippen LogP contribution in [0, 0.1) is 11.7 Å². The van der Waals surface area contributed by atoms with E-state index < -0.39 is 0 Å². The lowest BCUT2D eigenvalue weighted by molar-refractivity contribution is 0.485. The molecule has 0 aliphatic heterocycles. The molecule has 0 bridgehead atoms. The van der Waals surface area contributed by atoms with Gasteiger partial charge < -0.3 is 10.6 Å². The molecule has 2 N–H and O–H groups in total. The summed E-state index contributed by atoms with van der Waals surface area (Å²) in [5.74, 6) is 0.186. The van der Waals surface area contributed by atoms with Gasteiger partial charge >= 0.3 is 0 Å². The van der Waals surface area contributed by atoms with Gasteiger partial charge in [-0.1, -0.05) is 13.0 Å². The number of hydrogen-bond donors (Lipinski definition) is 1. The van der Waals surface area contributed by atoms with Gasteiger partial charge in [-0.2, -0.15) is 0 Å². The Hall–Kier alpha value is -1.09. The molecule has 0 radical (unpaired) electrons. The second-order valence-electron chi connectivity index (χ2n) is 4.20. The maximum Gasteiger partial charge on any atom is 0.125 e. The molecule has 0 fully saturated rings. The first-order valence-corrected chi connectivity index (χ1v) is 5.23. The summed E-state index contributed by atoms with van der Waals surface area (Å²) in [4.78, 5) is 2.02. The van der Waals surface area contributed by atoms with Crippen molar-refractivity contribution in [1.29, 1.82) is 0 Å². The Labute approximate surface area is 90.9 Å². The normalized spacial score (nSPS) is 14.7. The van der Waals surface area contributed by atoms with E-state index in [2.05, 4.69) is 6.92 Å². The summed E-state index contributed by atoms with van der Waals surface area (Å²) in [6, 6.07) is 6.76. The van der Waals surface area contributed by atoms with Gasteiger partial charge in [0.25, 0.3) is 0 Å². The van der Waals surface area contributed by atoms with E-state index in [0.29, 0.717) is 5.92 Å². The average Bonchev–Trinajstić information content (AvgIpc) is 2.17. The van der Waals surface area contributed by atoms with Crippen molar-refractivity contribution < 1.29 is 4.39 Å². The highest BCUT2D eigenvalue weighted by atomic mass is 19.1. The molecule has 2 nitrogen and oxygen atoms in total. The average molecular weight is 210 g/mol. The lowest BCUT2D eigenvalue weighted by Gasteiger charge is -2.25. The Balaban J connectivity index is 2.64. The van der Waals surface area contributed by atoms with Gasteiger partial charge in [-0.25, -0.2) is 4.39 Å². The van der Waals surface area contributed by atoms with Crippen LogP contribution in [0.2, 0.25) is 0 Å². The number of nitrogens with two attached hydrogens (primary N) is 1. The van der Waals surface area contributed by atoms with Crippen LogP contribution in [-0.4, -0.2) is 19.6 Å². The summed E-state index contributed by atoms with van der Waals surface area (Å²) in [5, 5.41) is 0. The molecular formula is C12H19FN2. The maximum absolute atomic E-state index is 13.0. The van der Waals surface area contributed by atoms with Crippen molar-refractivity contribution in [2.24, 2.45) is 11.7 Å². The second kappa shape index (κ2) is 5.12. The molecule has 0 amide bonds. The molecular weight excluding hydrogens is 191 g/mol. The topological polar surface area (TPSA) is 29.3 Å². The maximum atomic E-state index is 13.0. The van der Waals surface area contributed by atoms with Crippen LogP contribution in [0.1, 0.15) is 13.8 Å². The molecule has 0 aliphatic rings. The van der Waals surface area contributed by atoms with Crippen LogP contribution in [0.15, 0.2) is 24.3 Å². The molecule has 0 aromatic heterocycles. The minimum atomic E-state index is -0.201. The summed E-state index contributed by atoms with van der Waals surface area (Å²) in [7, 11) is 1.95. The summed E-state index contributed by atoms with van der Waals surface area (Å²) in [6.07, 6.45) is 0. The van der Waals surface area contributed by atoms with Crippen LogP contribution < -0.4 is 10.6 Å². The number of nitrogens with zero attached hydrogens (tertiary/aromatic N) is 1. The molecule has 2 atom stereocenters. The van der Waals surface area contributed by atoms with Crippen molar-refractivity contribution in [3.8, 4) is 0 Å². The Morgan fingerprint density at radius 2 is 2.07 bits per heavy atom. The van der Waals surface area contributed by atoms with Crippen molar-refractivity contribution in [2.75, 3.05) is 18.5 Å². The van der Waals surface area contributed by atoms with Crippen LogP contribution in [-0.2, 0) is 0 Å². The Kier molecular flexibility index (Phi) is 4.09. The van der Waals surface area contributed by atoms with Crippen LogP contribution >= 0.6 is 0 Å². The van der Waals surface area contributed by atoms with E-state index in [1.807, 2.05) is 24.9 Å². The molecule has 0 spiro atoms. The number of hydrogen-bond acceptors (Lipinski definition) is 2. The lowest BCUT2D eigenvalue weighted by atomic mass is 10.0. The molecule has 15 heavy (non-hydrogen) atoms. The molecule has 84 valence electrons. The van der Waals surface area contributed by atoms with E-state index in [1.54, 1.807) is 6.07 Å². The first-order chi connectivity index (χ1) is 7.00. The molecule has 1 rings (SSSR count). The van der Waals surface area contributed by atoms with Gasteiger partial charge in [0.2, 0.25) is 0 Å². The first kappa shape index (κ1) is 12.0. The zero-order valence-electron chi connectivity index (χ0n) is 9.57. The Morgan fingerprint density at radius 1 is 1.40 bits per heavy atom. The summed E-state index contributed by atoms with van der Waals surface area (Å²) in [6.45, 7) is 4.92. The summed E-state index contributed by atoms with van der Waals surface area (Å²) >= 11 is 0. The van der Waals surface area contributed by atoms with Crippen LogP contribution in [0.4, 0.5) is 10.1 Å². The Bertz CT molecular complexity index is 312. The van der Waals surface area contributed by atoms with Gasteiger partial charge in [0.15, 0.2) is 0 Å². The first-order valence-electron chi connectivity index (χ1n) is 5.23. The number of halogens is 1. The number of benzene rings is 1. The SMILES string of the molecule is CC(N)C(C)CN(C)c1cccc(F)c1. The Morgan fingerprint density at radius 3 is 2.60 bits per heavy atom. The van der Waals surface area contributed by atoms with Crippen LogP contribution in [0.5, 0.6) is 0 Å². The highest BCUT2D eigenvalue weighted by molar-refractivity contribution is 5.45. The number of rotatable bonds is 4. The van der Waals surface area contributed by atoms with Gasteiger partial charge in [-0.05, 0) is 31.0 Å². The summed E-state index contributed by atoms with van der Waals surface area (Å²) < 4.78 is 13.0. The zero-order chi connectivity index (χ0) is 11.4. The van der Waals surface area contributed by atoms with Crippen LogP contribution in [0.25, 0.3) is 0 Å². The molecule has 0 saturated heterocycles. The molecule has 3 heteroatoms. The lowest BCUT2D eigenvalue weighted by Crippen LogP contribution is -2.34. The van der Waals surface area contributed by atoms with E-state index in [0.717, 1.165) is 12.2 Å². The van der Waals surface area contributed by atoms with Crippen molar-refractivity contribution >= 4 is 5.69 Å². The third-order valence-corrected chi connectivity index (χ3v) is 2.71. The second-order valence-corrected chi connectivity index (χ2v) is 4.20. The van der Waals surface area contributed by atoms with Gasteiger partial charge in [-0.3, -0.25) is 0 Å². The number of anilines is 1. The highest BCUT2D eigenvalue weighted by Gasteiger charge is 2.11. The van der Waals surface area contributed by atoms with Crippen molar-refractivity contribution in [3.63, 3.8) is 0 Å². The molecule has 2 unspecified atom stereocenters. The fourth-order valence-corrected chi connectivity index (χ4v) is 1.42. The van der Waals surface area contributed by atoms with Gasteiger partial charge in [0.05, 0.1) is 0 Å². The smallest absolute Gasteiger partial charge is 0.125 e. The summed E-state index contributed by atoms with van der Waals surface area (Å²) in [5.41, 5.74) is 6.68. The van der Waals surface area contributed by atoms with Gasteiger partial charge in [-0.15, -0.1) is 0 Å². The van der Waals surface area contributed by atoms with Crippen molar-refractivity contribution in [1.82, 2.24) is 0 Å². The highest BCUT2D eigenvalue weighted by Crippen LogP contribution is 2.15. The van der Waals surface area contributed by atoms with Crippen molar-refractivity contribution in [2.45, 2.75) is 19.9 Å². The fourth-order valence-electron chi connectivity index (χ4n) is 1.42. The third-order valence-electron chi connectivity index (χ3n) is 2.71. The largest absolute Gasteiger partial charge is 0.374 e. The van der Waals surface area contributed by atoms with Gasteiger partial charge in [0.1, 0.15) is 5.82 Å². The molecule has 0 saturated carbocycles. The van der Waals surface area contributed by atoms with E-state index in [-0.39, 0.29) is 11.9 Å². The third kappa shape index (κ3) is 3.51. The molecule has 1 aromatic rings. The standard InChI is InChI=1S/C12H19FN2/c1-9(10(2)14)8-15(3)12-6-4-5-11(13)7-12/h4-7,9-10H,8,14H2,1-3H3. The van der Waals surface area contributed by atoms with Gasteiger partial charge in [0, 0.05) is 25.3 Å². The quantitative estimate of drug-likeness (QED) is 0.825. The monoisotopic (exact) mass is 210 g/mol. The van der Waals surface area contributed by atoms with E-state index in [1.165, 1.54) is 12.1 Å². The minimum absolute atomic E-state index is 0.154.